The molecular weight excluding hydrogens is 850 g/mol. The Kier molecular flexibility index (Phi) is 9.63. The number of carbonyl (C=O) groups is 1. The number of H-pyrrole nitrogens is 1. The monoisotopic (exact) mass is 899 g/mol. The molecular formula is C48H50FN9O6S. The summed E-state index contributed by atoms with van der Waals surface area (Å²) in [5.41, 5.74) is 4.53. The van der Waals surface area contributed by atoms with Crippen LogP contribution in [0.1, 0.15) is 102 Å². The standard InChI is InChI=1S/C48H50FN9O6S/c1-27-21-36(22-28(2)42(27)49)58-43(56-18-17-55(47(56)61)35-8-10-37(11-9-35)65(50,62)26-31-5-6-31)41-30(4)54(16-13-38(41)52-58)44(59)40-24-34-23-33(32-14-19-63-20-15-32)7-12-39(34)57(40)48(25-29(48)3)45-51-46(60)64-53-45/h7-12,17-18,21-24,29-32,50H,5-6,13-16,19-20,25-26H2,1-4H3,(H,51,53,60)/t29-,30-,48-,65+/m0/s1. The number of nitrogens with zero attached hydrogens (tertiary/aromatic N) is 7. The molecule has 3 aromatic carbocycles. The number of carbonyl (C=O) groups excluding carboxylic acids is 1. The number of fused-ring (bicyclic) bond motifs is 2. The predicted octanol–water partition coefficient (Wildman–Crippen LogP) is 7.45. The minimum Gasteiger partial charge on any atom is -0.381 e. The number of benzene rings is 3. The van der Waals surface area contributed by atoms with Gasteiger partial charge in [-0.1, -0.05) is 18.1 Å². The zero-order valence-corrected chi connectivity index (χ0v) is 37.5. The van der Waals surface area contributed by atoms with Crippen molar-refractivity contribution < 1.29 is 22.7 Å². The second-order valence-corrected chi connectivity index (χ2v) is 20.7. The maximum Gasteiger partial charge on any atom is 0.438 e. The van der Waals surface area contributed by atoms with E-state index in [4.69, 9.17) is 19.1 Å². The normalized spacial score (nSPS) is 22.0. The summed E-state index contributed by atoms with van der Waals surface area (Å²) in [6, 6.07) is 17.9. The Hall–Kier alpha value is -6.33. The molecule has 17 heteroatoms. The van der Waals surface area contributed by atoms with E-state index in [9.17, 15) is 13.8 Å². The lowest BCUT2D eigenvalue weighted by molar-refractivity contribution is 0.0663. The van der Waals surface area contributed by atoms with Gasteiger partial charge in [-0.05, 0) is 142 Å². The van der Waals surface area contributed by atoms with Crippen LogP contribution >= 0.6 is 0 Å². The van der Waals surface area contributed by atoms with Gasteiger partial charge in [0.1, 0.15) is 22.9 Å². The van der Waals surface area contributed by atoms with Crippen LogP contribution in [0.15, 0.2) is 92.1 Å². The van der Waals surface area contributed by atoms with Gasteiger partial charge in [-0.15, -0.1) is 0 Å². The van der Waals surface area contributed by atoms with Crippen LogP contribution in [0.4, 0.5) is 4.39 Å². The van der Waals surface area contributed by atoms with Crippen molar-refractivity contribution in [1.29, 1.82) is 4.78 Å². The molecule has 4 aromatic heterocycles. The lowest BCUT2D eigenvalue weighted by Crippen LogP contribution is -2.41. The summed E-state index contributed by atoms with van der Waals surface area (Å²) in [4.78, 5) is 47.6. The molecule has 15 nitrogen and oxygen atoms in total. The smallest absolute Gasteiger partial charge is 0.381 e. The molecule has 1 saturated heterocycles. The van der Waals surface area contributed by atoms with Crippen molar-refractivity contribution in [2.45, 2.75) is 88.6 Å². The highest BCUT2D eigenvalue weighted by Gasteiger charge is 2.59. The van der Waals surface area contributed by atoms with E-state index in [1.165, 1.54) is 14.7 Å². The number of halogens is 1. The minimum atomic E-state index is -2.96. The van der Waals surface area contributed by atoms with Crippen molar-refractivity contribution in [2.24, 2.45) is 11.8 Å². The highest BCUT2D eigenvalue weighted by atomic mass is 32.2. The molecule has 3 fully saturated rings. The Balaban J connectivity index is 1.03. The van der Waals surface area contributed by atoms with E-state index in [1.54, 1.807) is 67.3 Å². The van der Waals surface area contributed by atoms with Crippen molar-refractivity contribution in [3.8, 4) is 17.2 Å². The SMILES string of the molecule is Cc1cc(-n2nc3c(c2-n2ccn(-c4ccc([S@](=N)(=O)CC5CC5)cc4)c2=O)[C@H](C)N(C(=O)c2cc4cc(C5CCOCC5)ccc4n2[C@@]2(c4noc(=O)[nH]4)C[C@@H]2C)CC3)cc(C)c1F. The summed E-state index contributed by atoms with van der Waals surface area (Å²) < 4.78 is 54.3. The van der Waals surface area contributed by atoms with Crippen LogP contribution in [0.5, 0.6) is 0 Å². The summed E-state index contributed by atoms with van der Waals surface area (Å²) >= 11 is 0. The van der Waals surface area contributed by atoms with Crippen LogP contribution in [0.25, 0.3) is 28.1 Å². The van der Waals surface area contributed by atoms with Crippen molar-refractivity contribution in [2.75, 3.05) is 25.5 Å². The zero-order chi connectivity index (χ0) is 45.1. The van der Waals surface area contributed by atoms with Gasteiger partial charge in [0.25, 0.3) is 5.91 Å². The second-order valence-electron chi connectivity index (χ2n) is 18.6. The van der Waals surface area contributed by atoms with Gasteiger partial charge >= 0.3 is 11.4 Å². The molecule has 0 spiro atoms. The molecule has 6 heterocycles. The van der Waals surface area contributed by atoms with E-state index >= 15 is 9.18 Å². The van der Waals surface area contributed by atoms with Crippen LogP contribution in [0, 0.1) is 36.3 Å². The average molecular weight is 900 g/mol. The molecule has 1 amide bonds. The van der Waals surface area contributed by atoms with Gasteiger partial charge in [0.05, 0.1) is 32.8 Å². The highest BCUT2D eigenvalue weighted by Crippen LogP contribution is 2.56. The maximum absolute atomic E-state index is 15.5. The summed E-state index contributed by atoms with van der Waals surface area (Å²) in [6.45, 7) is 9.11. The molecule has 336 valence electrons. The Morgan fingerprint density at radius 1 is 0.954 bits per heavy atom. The van der Waals surface area contributed by atoms with E-state index in [-0.39, 0.29) is 17.6 Å². The maximum atomic E-state index is 15.5. The van der Waals surface area contributed by atoms with Gasteiger partial charge in [-0.2, -0.15) is 5.10 Å². The van der Waals surface area contributed by atoms with E-state index in [2.05, 4.69) is 35.3 Å². The average Bonchev–Trinajstić information content (AvgIpc) is 3.93. The van der Waals surface area contributed by atoms with E-state index < -0.39 is 32.8 Å². The third kappa shape index (κ3) is 6.75. The van der Waals surface area contributed by atoms with Crippen LogP contribution in [-0.2, 0) is 26.4 Å². The number of imidazole rings is 1. The van der Waals surface area contributed by atoms with Crippen LogP contribution in [0.3, 0.4) is 0 Å². The van der Waals surface area contributed by atoms with Gasteiger partial charge in [0, 0.05) is 65.7 Å². The zero-order valence-electron chi connectivity index (χ0n) is 36.7. The van der Waals surface area contributed by atoms with Crippen LogP contribution < -0.4 is 11.4 Å². The van der Waals surface area contributed by atoms with Crippen LogP contribution in [-0.4, -0.2) is 74.1 Å². The van der Waals surface area contributed by atoms with E-state index in [0.717, 1.165) is 36.6 Å². The fourth-order valence-electron chi connectivity index (χ4n) is 10.5. The Labute approximate surface area is 373 Å². The summed E-state index contributed by atoms with van der Waals surface area (Å²) in [7, 11) is -2.96. The molecule has 2 N–H and O–H groups in total. The minimum absolute atomic E-state index is 0.0179. The van der Waals surface area contributed by atoms with Gasteiger partial charge < -0.3 is 14.2 Å². The van der Waals surface area contributed by atoms with Gasteiger partial charge in [-0.25, -0.2) is 27.6 Å². The Bertz CT molecular complexity index is 3270. The topological polar surface area (TPSA) is 179 Å². The third-order valence-corrected chi connectivity index (χ3v) is 16.3. The first-order valence-corrected chi connectivity index (χ1v) is 24.1. The fourth-order valence-corrected chi connectivity index (χ4v) is 12.3. The number of aryl methyl sites for hydroxylation is 2. The van der Waals surface area contributed by atoms with Crippen molar-refractivity contribution in [3.63, 3.8) is 0 Å². The highest BCUT2D eigenvalue weighted by molar-refractivity contribution is 7.92. The first-order chi connectivity index (χ1) is 31.2. The largest absolute Gasteiger partial charge is 0.438 e. The molecule has 2 aliphatic heterocycles. The van der Waals surface area contributed by atoms with Crippen LogP contribution in [0.2, 0.25) is 0 Å². The molecule has 7 aromatic rings. The molecule has 65 heavy (non-hydrogen) atoms. The second kappa shape index (κ2) is 15.1. The number of ether oxygens (including phenoxy) is 1. The first-order valence-electron chi connectivity index (χ1n) is 22.4. The molecule has 2 aliphatic carbocycles. The number of amides is 1. The van der Waals surface area contributed by atoms with Crippen molar-refractivity contribution in [3.05, 3.63) is 139 Å². The molecule has 0 radical (unpaired) electrons. The predicted molar refractivity (Wildman–Crippen MR) is 241 cm³/mol. The molecule has 2 saturated carbocycles. The number of hydrogen-bond acceptors (Lipinski definition) is 9. The summed E-state index contributed by atoms with van der Waals surface area (Å²) in [5.74, 6) is 0.555. The molecule has 0 bridgehead atoms. The number of aromatic amines is 1. The van der Waals surface area contributed by atoms with E-state index in [0.29, 0.717) is 106 Å². The summed E-state index contributed by atoms with van der Waals surface area (Å²) in [6.07, 6.45) is 8.12. The quantitative estimate of drug-likeness (QED) is 0.142. The molecule has 0 unspecified atom stereocenters. The number of aromatic nitrogens is 7. The molecule has 4 atom stereocenters. The third-order valence-electron chi connectivity index (χ3n) is 14.3. The fraction of sp³-hybridized carbons (Fsp3) is 0.396. The molecule has 11 rings (SSSR count). The Morgan fingerprint density at radius 2 is 1.66 bits per heavy atom. The summed E-state index contributed by atoms with van der Waals surface area (Å²) in [5, 5.41) is 10.2. The Morgan fingerprint density at radius 3 is 2.32 bits per heavy atom. The van der Waals surface area contributed by atoms with Gasteiger partial charge in [-0.3, -0.25) is 23.4 Å². The van der Waals surface area contributed by atoms with Crippen molar-refractivity contribution >= 4 is 26.5 Å². The molecule has 4 aliphatic rings. The lowest BCUT2D eigenvalue weighted by Gasteiger charge is -2.34. The van der Waals surface area contributed by atoms with E-state index in [1.807, 2.05) is 22.5 Å². The number of hydrogen-bond donors (Lipinski definition) is 2. The van der Waals surface area contributed by atoms with Gasteiger partial charge in [0.15, 0.2) is 5.82 Å². The lowest BCUT2D eigenvalue weighted by atomic mass is 9.91. The van der Waals surface area contributed by atoms with Gasteiger partial charge in [0.2, 0.25) is 0 Å². The first kappa shape index (κ1) is 41.4. The number of nitrogens with one attached hydrogen (secondary N) is 2. The van der Waals surface area contributed by atoms with Crippen molar-refractivity contribution in [1.82, 2.24) is 38.5 Å². The number of rotatable bonds is 10.